The predicted octanol–water partition coefficient (Wildman–Crippen LogP) is 5.88. The van der Waals surface area contributed by atoms with E-state index in [4.69, 9.17) is 9.72 Å². The van der Waals surface area contributed by atoms with E-state index in [1.807, 2.05) is 51.1 Å². The van der Waals surface area contributed by atoms with Gasteiger partial charge in [0, 0.05) is 6.54 Å². The third-order valence-corrected chi connectivity index (χ3v) is 6.64. The molecule has 4 rings (SSSR count). The Balaban J connectivity index is 1.44. The van der Waals surface area contributed by atoms with Gasteiger partial charge in [0.2, 0.25) is 0 Å². The standard InChI is InChI=1S/C27H35N3O2/c1-19-13-14-20(2)25(17-19)32-18-26(31)28-21(3)27-29-23-11-7-8-12-24(23)30(27)16-15-22-9-5-4-6-10-22/h7-8,11-14,17,21-22H,4-6,9-10,15-16,18H2,1-3H3,(H,28,31). The topological polar surface area (TPSA) is 56.1 Å². The van der Waals surface area contributed by atoms with Gasteiger partial charge in [-0.3, -0.25) is 4.79 Å². The molecule has 170 valence electrons. The number of fused-ring (bicyclic) bond motifs is 1. The average molecular weight is 434 g/mol. The van der Waals surface area contributed by atoms with Crippen LogP contribution in [0.4, 0.5) is 0 Å². The van der Waals surface area contributed by atoms with Crippen molar-refractivity contribution in [1.29, 1.82) is 0 Å². The molecule has 0 saturated heterocycles. The molecule has 0 bridgehead atoms. The Morgan fingerprint density at radius 1 is 1.16 bits per heavy atom. The van der Waals surface area contributed by atoms with Crippen LogP contribution < -0.4 is 10.1 Å². The Bertz CT molecular complexity index is 1070. The number of carbonyl (C=O) groups excluding carboxylic acids is 1. The normalized spacial score (nSPS) is 15.6. The highest BCUT2D eigenvalue weighted by Crippen LogP contribution is 2.29. The number of amides is 1. The summed E-state index contributed by atoms with van der Waals surface area (Å²) in [6.45, 7) is 6.96. The maximum absolute atomic E-state index is 12.7. The van der Waals surface area contributed by atoms with Crippen molar-refractivity contribution in [3.63, 3.8) is 0 Å². The summed E-state index contributed by atoms with van der Waals surface area (Å²) in [5.41, 5.74) is 4.27. The van der Waals surface area contributed by atoms with Crippen molar-refractivity contribution in [3.8, 4) is 5.75 Å². The van der Waals surface area contributed by atoms with E-state index in [0.717, 1.165) is 46.2 Å². The average Bonchev–Trinajstić information content (AvgIpc) is 3.18. The van der Waals surface area contributed by atoms with Crippen LogP contribution in [0.3, 0.4) is 0 Å². The van der Waals surface area contributed by atoms with Gasteiger partial charge < -0.3 is 14.6 Å². The highest BCUT2D eigenvalue weighted by molar-refractivity contribution is 5.79. The SMILES string of the molecule is Cc1ccc(C)c(OCC(=O)NC(C)c2nc3ccccc3n2CCC2CCCCC2)c1. The van der Waals surface area contributed by atoms with Gasteiger partial charge in [-0.15, -0.1) is 0 Å². The van der Waals surface area contributed by atoms with Crippen LogP contribution in [0.1, 0.15) is 68.4 Å². The number of nitrogens with one attached hydrogen (secondary N) is 1. The maximum Gasteiger partial charge on any atom is 0.258 e. The molecule has 5 heteroatoms. The lowest BCUT2D eigenvalue weighted by Crippen LogP contribution is -2.33. The first kappa shape index (κ1) is 22.4. The number of aromatic nitrogens is 2. The zero-order valence-corrected chi connectivity index (χ0v) is 19.6. The van der Waals surface area contributed by atoms with E-state index < -0.39 is 0 Å². The quantitative estimate of drug-likeness (QED) is 0.483. The van der Waals surface area contributed by atoms with E-state index in [1.165, 1.54) is 38.5 Å². The Kier molecular flexibility index (Phi) is 7.13. The number of hydrogen-bond acceptors (Lipinski definition) is 3. The summed E-state index contributed by atoms with van der Waals surface area (Å²) in [6, 6.07) is 14.1. The van der Waals surface area contributed by atoms with Gasteiger partial charge in [0.05, 0.1) is 17.1 Å². The van der Waals surface area contributed by atoms with Crippen LogP contribution in [-0.4, -0.2) is 22.1 Å². The third kappa shape index (κ3) is 5.32. The molecule has 3 aromatic rings. The first-order chi connectivity index (χ1) is 15.5. The largest absolute Gasteiger partial charge is 0.483 e. The number of para-hydroxylation sites is 2. The molecular formula is C27H35N3O2. The summed E-state index contributed by atoms with van der Waals surface area (Å²) in [7, 11) is 0. The smallest absolute Gasteiger partial charge is 0.258 e. The number of aryl methyl sites for hydroxylation is 3. The molecule has 0 radical (unpaired) electrons. The van der Waals surface area contributed by atoms with Gasteiger partial charge in [-0.2, -0.15) is 0 Å². The fourth-order valence-electron chi connectivity index (χ4n) is 4.80. The van der Waals surface area contributed by atoms with Crippen LogP contribution in [0.15, 0.2) is 42.5 Å². The second-order valence-electron chi connectivity index (χ2n) is 9.25. The Labute approximate surface area is 191 Å². The molecule has 0 spiro atoms. The summed E-state index contributed by atoms with van der Waals surface area (Å²) in [6.07, 6.45) is 7.94. The molecule has 2 aromatic carbocycles. The summed E-state index contributed by atoms with van der Waals surface area (Å²) in [5.74, 6) is 2.34. The number of benzene rings is 2. The van der Waals surface area contributed by atoms with Crippen LogP contribution in [0.5, 0.6) is 5.75 Å². The first-order valence-electron chi connectivity index (χ1n) is 12.0. The van der Waals surface area contributed by atoms with Gasteiger partial charge in [0.1, 0.15) is 11.6 Å². The van der Waals surface area contributed by atoms with Gasteiger partial charge in [0.25, 0.3) is 5.91 Å². The predicted molar refractivity (Wildman–Crippen MR) is 129 cm³/mol. The third-order valence-electron chi connectivity index (χ3n) is 6.64. The van der Waals surface area contributed by atoms with Gasteiger partial charge in [-0.05, 0) is 62.4 Å². The summed E-state index contributed by atoms with van der Waals surface area (Å²) >= 11 is 0. The lowest BCUT2D eigenvalue weighted by atomic mass is 9.87. The van der Waals surface area contributed by atoms with E-state index in [1.54, 1.807) is 0 Å². The minimum atomic E-state index is -0.191. The van der Waals surface area contributed by atoms with E-state index in [9.17, 15) is 4.79 Å². The molecule has 1 unspecified atom stereocenters. The molecule has 0 aliphatic heterocycles. The van der Waals surface area contributed by atoms with E-state index >= 15 is 0 Å². The number of nitrogens with zero attached hydrogens (tertiary/aromatic N) is 2. The van der Waals surface area contributed by atoms with Crippen LogP contribution in [0.25, 0.3) is 11.0 Å². The zero-order chi connectivity index (χ0) is 22.5. The van der Waals surface area contributed by atoms with Crippen LogP contribution >= 0.6 is 0 Å². The lowest BCUT2D eigenvalue weighted by molar-refractivity contribution is -0.123. The van der Waals surface area contributed by atoms with Crippen molar-refractivity contribution in [3.05, 3.63) is 59.4 Å². The van der Waals surface area contributed by atoms with Crippen LogP contribution in [0, 0.1) is 19.8 Å². The van der Waals surface area contributed by atoms with Gasteiger partial charge >= 0.3 is 0 Å². The van der Waals surface area contributed by atoms with Crippen molar-refractivity contribution in [2.75, 3.05) is 6.61 Å². The highest BCUT2D eigenvalue weighted by atomic mass is 16.5. The molecule has 1 saturated carbocycles. The molecule has 1 amide bonds. The molecule has 1 N–H and O–H groups in total. The molecule has 32 heavy (non-hydrogen) atoms. The van der Waals surface area contributed by atoms with E-state index in [0.29, 0.717) is 0 Å². The van der Waals surface area contributed by atoms with Gasteiger partial charge in [0.15, 0.2) is 6.61 Å². The fraction of sp³-hybridized carbons (Fsp3) is 0.481. The maximum atomic E-state index is 12.7. The van der Waals surface area contributed by atoms with Gasteiger partial charge in [-0.25, -0.2) is 4.98 Å². The Morgan fingerprint density at radius 2 is 1.94 bits per heavy atom. The number of rotatable bonds is 8. The fourth-order valence-corrected chi connectivity index (χ4v) is 4.80. The van der Waals surface area contributed by atoms with Crippen molar-refractivity contribution >= 4 is 16.9 Å². The van der Waals surface area contributed by atoms with Crippen molar-refractivity contribution in [2.24, 2.45) is 5.92 Å². The zero-order valence-electron chi connectivity index (χ0n) is 19.6. The minimum Gasteiger partial charge on any atom is -0.483 e. The van der Waals surface area contributed by atoms with Crippen LogP contribution in [0.2, 0.25) is 0 Å². The Hall–Kier alpha value is -2.82. The van der Waals surface area contributed by atoms with Crippen molar-refractivity contribution < 1.29 is 9.53 Å². The molecular weight excluding hydrogens is 398 g/mol. The Morgan fingerprint density at radius 3 is 2.75 bits per heavy atom. The summed E-state index contributed by atoms with van der Waals surface area (Å²) in [4.78, 5) is 17.5. The second-order valence-corrected chi connectivity index (χ2v) is 9.25. The number of imidazole rings is 1. The summed E-state index contributed by atoms with van der Waals surface area (Å²) in [5, 5.41) is 3.09. The molecule has 1 aliphatic carbocycles. The molecule has 1 aliphatic rings. The molecule has 1 fully saturated rings. The molecule has 1 heterocycles. The highest BCUT2D eigenvalue weighted by Gasteiger charge is 2.20. The van der Waals surface area contributed by atoms with E-state index in [2.05, 4.69) is 22.0 Å². The summed E-state index contributed by atoms with van der Waals surface area (Å²) < 4.78 is 8.10. The van der Waals surface area contributed by atoms with E-state index in [-0.39, 0.29) is 18.6 Å². The molecule has 5 nitrogen and oxygen atoms in total. The molecule has 1 atom stereocenters. The molecule has 1 aromatic heterocycles. The lowest BCUT2D eigenvalue weighted by Gasteiger charge is -2.23. The minimum absolute atomic E-state index is 0.00304. The first-order valence-corrected chi connectivity index (χ1v) is 12.0. The van der Waals surface area contributed by atoms with Gasteiger partial charge in [-0.1, -0.05) is 56.4 Å². The van der Waals surface area contributed by atoms with Crippen molar-refractivity contribution in [2.45, 2.75) is 71.9 Å². The second kappa shape index (κ2) is 10.2. The van der Waals surface area contributed by atoms with Crippen molar-refractivity contribution in [1.82, 2.24) is 14.9 Å². The number of hydrogen-bond donors (Lipinski definition) is 1. The van der Waals surface area contributed by atoms with Crippen LogP contribution in [-0.2, 0) is 11.3 Å². The number of carbonyl (C=O) groups is 1. The monoisotopic (exact) mass is 433 g/mol. The number of ether oxygens (including phenoxy) is 1.